The molecule has 26 heteroatoms. The SMILES string of the molecule is C.COc1cc(F)ccc1-c1cnc2sc(N3CCC(CN=[N+]=[N-])(CS(=O)(=O)N(C)C)CC3)nn12.COc1cc(F)ccc1-c1cnc2sc(N3CCC(CO)(CS(=O)(=O)N(C)C)CC3)nn12. The zero-order chi connectivity index (χ0) is 47.6. The Balaban J connectivity index is 0.000000218. The number of aromatic nitrogens is 6. The first-order valence-corrected chi connectivity index (χ1v) is 25.5. The maximum atomic E-state index is 13.6. The number of anilines is 2. The number of aliphatic hydroxyl groups is 1. The summed E-state index contributed by atoms with van der Waals surface area (Å²) in [4.78, 5) is 17.3. The lowest BCUT2D eigenvalue weighted by molar-refractivity contribution is 0.116. The fraction of sp³-hybridized carbons (Fsp3) is 0.512. The highest BCUT2D eigenvalue weighted by molar-refractivity contribution is 7.89. The minimum Gasteiger partial charge on any atom is -0.496 e. The van der Waals surface area contributed by atoms with Gasteiger partial charge in [-0.25, -0.2) is 53.2 Å². The fourth-order valence-corrected chi connectivity index (χ4v) is 12.7. The first-order chi connectivity index (χ1) is 31.4. The molecule has 0 atom stereocenters. The van der Waals surface area contributed by atoms with Gasteiger partial charge in [-0.3, -0.25) is 0 Å². The predicted octanol–water partition coefficient (Wildman–Crippen LogP) is 6.11. The van der Waals surface area contributed by atoms with Crippen molar-refractivity contribution in [2.24, 2.45) is 15.9 Å². The summed E-state index contributed by atoms with van der Waals surface area (Å²) in [6, 6.07) is 8.64. The van der Waals surface area contributed by atoms with Crippen LogP contribution in [0.5, 0.6) is 11.5 Å². The van der Waals surface area contributed by atoms with E-state index in [4.69, 9.17) is 25.2 Å². The Kier molecular flexibility index (Phi) is 15.7. The van der Waals surface area contributed by atoms with Gasteiger partial charge >= 0.3 is 0 Å². The molecule has 0 aliphatic carbocycles. The third-order valence-corrected chi connectivity index (χ3v) is 18.3. The van der Waals surface area contributed by atoms with Crippen LogP contribution in [0, 0.1) is 22.5 Å². The maximum Gasteiger partial charge on any atom is 0.214 e. The van der Waals surface area contributed by atoms with E-state index in [-0.39, 0.29) is 37.9 Å². The minimum absolute atomic E-state index is 0. The van der Waals surface area contributed by atoms with Crippen molar-refractivity contribution in [3.05, 3.63) is 70.9 Å². The van der Waals surface area contributed by atoms with E-state index in [1.54, 1.807) is 33.6 Å². The van der Waals surface area contributed by atoms with Crippen LogP contribution >= 0.6 is 22.7 Å². The van der Waals surface area contributed by atoms with Crippen molar-refractivity contribution in [3.8, 4) is 34.0 Å². The van der Waals surface area contributed by atoms with Gasteiger partial charge in [-0.15, -0.1) is 10.2 Å². The van der Waals surface area contributed by atoms with Gasteiger partial charge in [0.1, 0.15) is 23.1 Å². The normalized spacial score (nSPS) is 16.2. The molecule has 67 heavy (non-hydrogen) atoms. The average Bonchev–Trinajstić information content (AvgIpc) is 4.09. The Bertz CT molecular complexity index is 2950. The minimum atomic E-state index is -3.46. The number of benzene rings is 2. The number of aliphatic hydroxyl groups excluding tert-OH is 1. The smallest absolute Gasteiger partial charge is 0.214 e. The molecule has 0 bridgehead atoms. The summed E-state index contributed by atoms with van der Waals surface area (Å²) in [6.45, 7) is 2.24. The number of methoxy groups -OCH3 is 2. The van der Waals surface area contributed by atoms with Crippen LogP contribution in [0.25, 0.3) is 42.9 Å². The average molecular weight is 1010 g/mol. The number of sulfonamides is 2. The Labute approximate surface area is 396 Å². The summed E-state index contributed by atoms with van der Waals surface area (Å²) in [6.07, 6.45) is 5.51. The second-order valence-electron chi connectivity index (χ2n) is 16.7. The van der Waals surface area contributed by atoms with Gasteiger partial charge in [-0.05, 0) is 60.9 Å². The lowest BCUT2D eigenvalue weighted by Crippen LogP contribution is -2.47. The van der Waals surface area contributed by atoms with Crippen LogP contribution in [-0.2, 0) is 20.0 Å². The second kappa shape index (κ2) is 20.6. The molecule has 20 nitrogen and oxygen atoms in total. The molecule has 4 aromatic heterocycles. The van der Waals surface area contributed by atoms with E-state index in [9.17, 15) is 30.7 Å². The maximum absolute atomic E-state index is 13.6. The Hall–Kier alpha value is -5.21. The van der Waals surface area contributed by atoms with Gasteiger partial charge in [-0.1, -0.05) is 35.2 Å². The number of hydrogen-bond donors (Lipinski definition) is 1. The highest BCUT2D eigenvalue weighted by Gasteiger charge is 2.41. The number of rotatable bonds is 15. The molecule has 6 aromatic rings. The van der Waals surface area contributed by atoms with E-state index in [1.165, 1.54) is 98.0 Å². The standard InChI is InChI=1S/C20H25FN8O3S2.C20H26FN5O4S2.CH4/c1-27(2)34(30,31)13-20(12-24-26-22)6-8-28(9-7-20)19-25-29-16(11-23-18(29)33-19)15-5-4-14(21)10-17(15)32-3;1-24(2)32(28,29)13-20(12-27)6-8-25(9-7-20)19-23-26-16(11-22-18(26)31-19)15-5-4-14(21)10-17(15)30-3;/h4-5,10-11H,6-9,12-13H2,1-3H3;4-5,10-11,27H,6-9,12-13H2,1-3H3;1H4. The fourth-order valence-electron chi connectivity index (χ4n) is 8.00. The number of hydrogen-bond acceptors (Lipinski definition) is 16. The van der Waals surface area contributed by atoms with Crippen LogP contribution in [0.15, 0.2) is 53.9 Å². The molecule has 1 N–H and O–H groups in total. The van der Waals surface area contributed by atoms with Crippen molar-refractivity contribution in [1.82, 2.24) is 37.8 Å². The Morgan fingerprint density at radius 2 is 1.15 bits per heavy atom. The number of halogens is 2. The van der Waals surface area contributed by atoms with Crippen LogP contribution < -0.4 is 19.3 Å². The second-order valence-corrected chi connectivity index (χ2v) is 23.0. The first-order valence-electron chi connectivity index (χ1n) is 20.6. The molecule has 2 saturated heterocycles. The Morgan fingerprint density at radius 1 is 0.746 bits per heavy atom. The molecule has 2 fully saturated rings. The van der Waals surface area contributed by atoms with E-state index < -0.39 is 36.7 Å². The molecule has 8 rings (SSSR count). The van der Waals surface area contributed by atoms with Crippen LogP contribution in [0.2, 0.25) is 0 Å². The highest BCUT2D eigenvalue weighted by atomic mass is 32.2. The van der Waals surface area contributed by atoms with Crippen LogP contribution in [0.1, 0.15) is 33.1 Å². The van der Waals surface area contributed by atoms with Gasteiger partial charge in [0.25, 0.3) is 0 Å². The van der Waals surface area contributed by atoms with Crippen LogP contribution in [0.3, 0.4) is 0 Å². The van der Waals surface area contributed by atoms with Crippen molar-refractivity contribution < 1.29 is 40.2 Å². The molecule has 2 aromatic carbocycles. The molecular formula is C41H55F2N13O7S4. The van der Waals surface area contributed by atoms with E-state index in [0.717, 1.165) is 10.3 Å². The van der Waals surface area contributed by atoms with Crippen molar-refractivity contribution in [2.75, 3.05) is 103 Å². The van der Waals surface area contributed by atoms with Crippen molar-refractivity contribution in [1.29, 1.82) is 0 Å². The van der Waals surface area contributed by atoms with E-state index in [1.807, 2.05) is 0 Å². The number of ether oxygens (including phenoxy) is 2. The number of nitrogens with zero attached hydrogens (tertiary/aromatic N) is 13. The van der Waals surface area contributed by atoms with E-state index in [0.29, 0.717) is 95.8 Å². The molecular weight excluding hydrogens is 953 g/mol. The van der Waals surface area contributed by atoms with Gasteiger partial charge in [0.2, 0.25) is 40.2 Å². The quantitative estimate of drug-likeness (QED) is 0.0697. The number of piperidine rings is 2. The molecule has 0 amide bonds. The van der Waals surface area contributed by atoms with Gasteiger partial charge < -0.3 is 24.4 Å². The Morgan fingerprint density at radius 3 is 1.52 bits per heavy atom. The molecule has 0 saturated carbocycles. The zero-order valence-electron chi connectivity index (χ0n) is 37.2. The molecule has 0 radical (unpaired) electrons. The first kappa shape index (κ1) is 51.2. The summed E-state index contributed by atoms with van der Waals surface area (Å²) >= 11 is 2.84. The molecule has 2 aliphatic rings. The van der Waals surface area contributed by atoms with Gasteiger partial charge in [0.05, 0.1) is 49.5 Å². The van der Waals surface area contributed by atoms with Gasteiger partial charge in [0, 0.05) is 101 Å². The van der Waals surface area contributed by atoms with Gasteiger partial charge in [-0.2, -0.15) is 0 Å². The number of azide groups is 1. The van der Waals surface area contributed by atoms with E-state index in [2.05, 4.69) is 29.8 Å². The van der Waals surface area contributed by atoms with Crippen LogP contribution in [-0.4, -0.2) is 153 Å². The predicted molar refractivity (Wildman–Crippen MR) is 256 cm³/mol. The monoisotopic (exact) mass is 1010 g/mol. The van der Waals surface area contributed by atoms with Gasteiger partial charge in [0.15, 0.2) is 0 Å². The molecule has 0 spiro atoms. The number of imidazole rings is 2. The summed E-state index contributed by atoms with van der Waals surface area (Å²) in [5.41, 5.74) is 10.3. The highest BCUT2D eigenvalue weighted by Crippen LogP contribution is 2.40. The summed E-state index contributed by atoms with van der Waals surface area (Å²) in [7, 11) is 2.12. The third-order valence-electron chi connectivity index (χ3n) is 12.1. The van der Waals surface area contributed by atoms with Crippen LogP contribution in [0.4, 0.5) is 19.0 Å². The van der Waals surface area contributed by atoms with Crippen molar-refractivity contribution in [2.45, 2.75) is 33.1 Å². The topological polar surface area (TPSA) is 229 Å². The molecule has 364 valence electrons. The van der Waals surface area contributed by atoms with Crippen molar-refractivity contribution in [3.63, 3.8) is 0 Å². The lowest BCUT2D eigenvalue weighted by Gasteiger charge is -2.41. The summed E-state index contributed by atoms with van der Waals surface area (Å²) in [5.74, 6) is -0.146. The third kappa shape index (κ3) is 10.9. The lowest BCUT2D eigenvalue weighted by atomic mass is 9.80. The summed E-state index contributed by atoms with van der Waals surface area (Å²) in [5, 5.41) is 24.6. The number of fused-ring (bicyclic) bond motifs is 2. The molecule has 6 heterocycles. The largest absolute Gasteiger partial charge is 0.496 e. The van der Waals surface area contributed by atoms with Crippen molar-refractivity contribution >= 4 is 62.9 Å². The zero-order valence-corrected chi connectivity index (χ0v) is 40.5. The molecule has 2 aliphatic heterocycles. The van der Waals surface area contributed by atoms with E-state index >= 15 is 0 Å². The summed E-state index contributed by atoms with van der Waals surface area (Å²) < 4.78 is 93.6. The molecule has 0 unspecified atom stereocenters.